The van der Waals surface area contributed by atoms with Crippen LogP contribution in [-0.2, 0) is 18.8 Å². The molecule has 0 aromatic carbocycles. The lowest BCUT2D eigenvalue weighted by molar-refractivity contribution is 0.0601. The predicted molar refractivity (Wildman–Crippen MR) is 159 cm³/mol. The molecule has 0 unspecified atom stereocenters. The van der Waals surface area contributed by atoms with Gasteiger partial charge in [-0.3, -0.25) is 4.79 Å². The van der Waals surface area contributed by atoms with E-state index in [2.05, 4.69) is 55.8 Å². The normalized spacial score (nSPS) is 11.7. The predicted octanol–water partition coefficient (Wildman–Crippen LogP) is 1.17. The van der Waals surface area contributed by atoms with Crippen LogP contribution in [0.3, 0.4) is 0 Å². The number of nitrogens with two attached hydrogens (primary N) is 3. The third-order valence-corrected chi connectivity index (χ3v) is 6.55. The molecule has 7 N–H and O–H groups in total. The average molecular weight is 633 g/mol. The number of ether oxygens (including phenoxy) is 1. The molecule has 238 valence electrons. The summed E-state index contributed by atoms with van der Waals surface area (Å²) in [4.78, 5) is 37.0. The van der Waals surface area contributed by atoms with Crippen molar-refractivity contribution in [1.82, 2.24) is 54.1 Å². The number of Topliss-reactive ketones (excluding diaryl/α,β-unsaturated/α-hetero) is 1. The van der Waals surface area contributed by atoms with E-state index in [9.17, 15) is 14.7 Å². The Morgan fingerprint density at radius 2 is 1.35 bits per heavy atom. The molecule has 5 heterocycles. The molecule has 0 saturated carbocycles. The van der Waals surface area contributed by atoms with Crippen LogP contribution in [0.15, 0.2) is 26.7 Å². The van der Waals surface area contributed by atoms with Gasteiger partial charge in [0.05, 0.1) is 36.0 Å². The maximum Gasteiger partial charge on any atom is 0.343 e. The molecule has 0 bridgehead atoms. The molecule has 46 heavy (non-hydrogen) atoms. The van der Waals surface area contributed by atoms with E-state index in [1.54, 1.807) is 34.9 Å². The van der Waals surface area contributed by atoms with E-state index in [1.807, 2.05) is 0 Å². The molecule has 0 spiro atoms. The third kappa shape index (κ3) is 5.38. The van der Waals surface area contributed by atoms with E-state index in [4.69, 9.17) is 21.9 Å². The number of aliphatic hydroxyl groups excluding tert-OH is 1. The largest absolute Gasteiger partial charge is 0.465 e. The van der Waals surface area contributed by atoms with Gasteiger partial charge in [0.2, 0.25) is 5.95 Å². The molecule has 0 aliphatic heterocycles. The molecule has 0 atom stereocenters. The van der Waals surface area contributed by atoms with E-state index >= 15 is 0 Å². The highest BCUT2D eigenvalue weighted by Gasteiger charge is 2.23. The van der Waals surface area contributed by atoms with Gasteiger partial charge in [-0.25, -0.2) is 14.2 Å². The first-order chi connectivity index (χ1) is 21.9. The lowest BCUT2D eigenvalue weighted by Gasteiger charge is -2.07. The summed E-state index contributed by atoms with van der Waals surface area (Å²) in [7, 11) is 4.40. The van der Waals surface area contributed by atoms with Gasteiger partial charge in [-0.1, -0.05) is 0 Å². The zero-order valence-corrected chi connectivity index (χ0v) is 25.4. The van der Waals surface area contributed by atoms with Crippen LogP contribution in [0.5, 0.6) is 0 Å². The van der Waals surface area contributed by atoms with Crippen molar-refractivity contribution in [1.29, 1.82) is 0 Å². The van der Waals surface area contributed by atoms with Crippen LogP contribution in [0.25, 0.3) is 11.9 Å². The van der Waals surface area contributed by atoms with Gasteiger partial charge in [0, 0.05) is 14.1 Å². The molecular formula is C24H28N18O4. The van der Waals surface area contributed by atoms with Crippen molar-refractivity contribution in [2.45, 2.75) is 20.8 Å². The highest BCUT2D eigenvalue weighted by Crippen LogP contribution is 2.33. The third-order valence-electron chi connectivity index (χ3n) is 6.55. The lowest BCUT2D eigenvalue weighted by atomic mass is 10.1. The van der Waals surface area contributed by atoms with Gasteiger partial charge >= 0.3 is 5.97 Å². The van der Waals surface area contributed by atoms with E-state index in [-0.39, 0.29) is 63.6 Å². The number of aromatic nitrogens is 11. The Hall–Kier alpha value is -6.45. The van der Waals surface area contributed by atoms with Crippen molar-refractivity contribution in [2.24, 2.45) is 34.6 Å². The second kappa shape index (κ2) is 11.9. The summed E-state index contributed by atoms with van der Waals surface area (Å²) in [5.74, 6) is -1.34. The Kier molecular flexibility index (Phi) is 8.03. The quantitative estimate of drug-likeness (QED) is 0.101. The van der Waals surface area contributed by atoms with Crippen molar-refractivity contribution in [3.05, 3.63) is 34.4 Å². The number of nitrogens with zero attached hydrogens (tertiary/aromatic N) is 15. The number of methoxy groups -OCH3 is 1. The van der Waals surface area contributed by atoms with E-state index in [0.29, 0.717) is 17.1 Å². The minimum atomic E-state index is -0.720. The van der Waals surface area contributed by atoms with Crippen LogP contribution < -0.4 is 17.2 Å². The number of hydrogen-bond acceptors (Lipinski definition) is 18. The second-order valence-electron chi connectivity index (χ2n) is 9.64. The summed E-state index contributed by atoms with van der Waals surface area (Å²) in [6, 6.07) is 0. The summed E-state index contributed by atoms with van der Waals surface area (Å²) in [6.07, 6.45) is 1.31. The number of carbonyl (C=O) groups is 2. The highest BCUT2D eigenvalue weighted by molar-refractivity contribution is 6.01. The molecule has 5 aromatic rings. The first-order valence-electron chi connectivity index (χ1n) is 13.2. The first-order valence-corrected chi connectivity index (χ1v) is 13.2. The summed E-state index contributed by atoms with van der Waals surface area (Å²) in [6.45, 7) is 4.15. The maximum atomic E-state index is 12.3. The van der Waals surface area contributed by atoms with Gasteiger partial charge in [0.15, 0.2) is 40.4 Å². The summed E-state index contributed by atoms with van der Waals surface area (Å²) in [5, 5.41) is 43.0. The van der Waals surface area contributed by atoms with Crippen molar-refractivity contribution >= 4 is 52.3 Å². The molecular weight excluding hydrogens is 604 g/mol. The number of aliphatic hydroxyl groups is 1. The monoisotopic (exact) mass is 632 g/mol. The molecule has 5 aromatic heterocycles. The molecule has 0 saturated heterocycles. The second-order valence-corrected chi connectivity index (χ2v) is 9.64. The van der Waals surface area contributed by atoms with Crippen LogP contribution in [-0.4, -0.2) is 84.6 Å². The highest BCUT2D eigenvalue weighted by atomic mass is 16.5. The summed E-state index contributed by atoms with van der Waals surface area (Å²) >= 11 is 0. The zero-order valence-electron chi connectivity index (χ0n) is 25.4. The topological polar surface area (TPSA) is 301 Å². The Morgan fingerprint density at radius 3 is 1.87 bits per heavy atom. The summed E-state index contributed by atoms with van der Waals surface area (Å²) < 4.78 is 9.81. The Labute approximate surface area is 258 Å². The fraction of sp³-hybridized carbons (Fsp3) is 0.292. The SMILES string of the molecule is COC(=O)c1cnn(C)c1/N=N/c1c(C)nn(-c2nc(N)nc(-n3nc(C)c(/N=N/c4c(C(=O)CO)c(C)nn4C)c3N)n2)c1N. The molecule has 0 amide bonds. The average Bonchev–Trinajstić information content (AvgIpc) is 3.71. The molecule has 0 radical (unpaired) electrons. The fourth-order valence-corrected chi connectivity index (χ4v) is 4.35. The zero-order chi connectivity index (χ0) is 33.4. The number of nitrogen functional groups attached to an aromatic ring is 3. The van der Waals surface area contributed by atoms with Gasteiger partial charge < -0.3 is 27.0 Å². The van der Waals surface area contributed by atoms with Crippen molar-refractivity contribution in [2.75, 3.05) is 30.9 Å². The number of esters is 1. The number of rotatable bonds is 9. The molecule has 0 fully saturated rings. The van der Waals surface area contributed by atoms with Crippen LogP contribution in [0, 0.1) is 20.8 Å². The van der Waals surface area contributed by atoms with Gasteiger partial charge in [-0.2, -0.15) is 44.7 Å². The van der Waals surface area contributed by atoms with Crippen molar-refractivity contribution in [3.63, 3.8) is 0 Å². The van der Waals surface area contributed by atoms with E-state index in [0.717, 1.165) is 0 Å². The molecule has 5 rings (SSSR count). The van der Waals surface area contributed by atoms with Crippen molar-refractivity contribution in [3.8, 4) is 11.9 Å². The number of hydrogen-bond donors (Lipinski definition) is 4. The van der Waals surface area contributed by atoms with Gasteiger partial charge in [-0.05, 0) is 20.8 Å². The molecule has 0 aliphatic carbocycles. The number of azo groups is 2. The van der Waals surface area contributed by atoms with E-state index in [1.165, 1.54) is 32.0 Å². The van der Waals surface area contributed by atoms with Crippen LogP contribution in [0.1, 0.15) is 37.8 Å². The molecule has 22 nitrogen and oxygen atoms in total. The molecule has 0 aliphatic rings. The Morgan fingerprint density at radius 1 is 0.804 bits per heavy atom. The Bertz CT molecular complexity index is 2060. The van der Waals surface area contributed by atoms with Crippen molar-refractivity contribution < 1.29 is 19.4 Å². The maximum absolute atomic E-state index is 12.3. The minimum absolute atomic E-state index is 0.00149. The standard InChI is InChI=1S/C24H28N18O4/c1-9-14(13(44)8-43)20(40(5)36-9)35-33-16-11(3)38-42(18(16)26)24-30-22(27)29-23(31-24)41-17(25)15(10(2)37-41)32-34-19-12(21(45)46-6)7-28-39(19)4/h7,43H,8,25-26H2,1-6H3,(H2,27,29,30,31)/b34-32+,35-33+. The number of carbonyl (C=O) groups excluding carboxylic acids is 2. The van der Waals surface area contributed by atoms with Gasteiger partial charge in [0.1, 0.15) is 12.2 Å². The van der Waals surface area contributed by atoms with E-state index < -0.39 is 18.4 Å². The lowest BCUT2D eigenvalue weighted by Crippen LogP contribution is -2.15. The smallest absolute Gasteiger partial charge is 0.343 e. The first kappa shape index (κ1) is 31.0. The van der Waals surface area contributed by atoms with Crippen LogP contribution >= 0.6 is 0 Å². The number of anilines is 3. The molecule has 22 heteroatoms. The van der Waals surface area contributed by atoms with Gasteiger partial charge in [-0.15, -0.1) is 20.5 Å². The fourth-order valence-electron chi connectivity index (χ4n) is 4.35. The van der Waals surface area contributed by atoms with Crippen LogP contribution in [0.2, 0.25) is 0 Å². The number of aryl methyl sites for hydroxylation is 5. The van der Waals surface area contributed by atoms with Gasteiger partial charge in [0.25, 0.3) is 11.9 Å². The minimum Gasteiger partial charge on any atom is -0.465 e. The summed E-state index contributed by atoms with van der Waals surface area (Å²) in [5.41, 5.74) is 20.4. The number of ketones is 1. The Balaban J connectivity index is 1.51. The van der Waals surface area contributed by atoms with Crippen LogP contribution in [0.4, 0.5) is 40.6 Å².